The summed E-state index contributed by atoms with van der Waals surface area (Å²) in [5.74, 6) is 0. The van der Waals surface area contributed by atoms with Crippen LogP contribution in [0.5, 0.6) is 0 Å². The highest BCUT2D eigenvalue weighted by molar-refractivity contribution is 5.78. The van der Waals surface area contributed by atoms with Crippen LogP contribution < -0.4 is 0 Å². The maximum atomic E-state index is 12.8. The van der Waals surface area contributed by atoms with Crippen LogP contribution in [0, 0.1) is 13.8 Å². The normalized spacial score (nSPS) is 10.8. The fourth-order valence-electron chi connectivity index (χ4n) is 2.16. The predicted molar refractivity (Wildman–Crippen MR) is 69.5 cm³/mol. The van der Waals surface area contributed by atoms with Crippen molar-refractivity contribution in [1.82, 2.24) is 4.98 Å². The van der Waals surface area contributed by atoms with E-state index in [0.717, 1.165) is 16.7 Å². The lowest BCUT2D eigenvalue weighted by Gasteiger charge is -2.11. The molecule has 0 saturated heterocycles. The van der Waals surface area contributed by atoms with E-state index in [9.17, 15) is 13.6 Å². The van der Waals surface area contributed by atoms with Gasteiger partial charge in [-0.15, -0.1) is 0 Å². The first kappa shape index (κ1) is 13.3. The number of halogens is 2. The average Bonchev–Trinajstić information content (AvgIpc) is 2.38. The van der Waals surface area contributed by atoms with Gasteiger partial charge in [-0.1, -0.05) is 18.2 Å². The SMILES string of the molecule is Cc1cccc(C)c1-c1cc(C=O)nc(C(F)F)c1. The Balaban J connectivity index is 2.68. The van der Waals surface area contributed by atoms with Crippen molar-refractivity contribution in [3.8, 4) is 11.1 Å². The highest BCUT2D eigenvalue weighted by atomic mass is 19.3. The number of hydrogen-bond acceptors (Lipinski definition) is 2. The lowest BCUT2D eigenvalue weighted by molar-refractivity contribution is 0.111. The first-order chi connectivity index (χ1) is 9.02. The molecule has 0 spiro atoms. The van der Waals surface area contributed by atoms with Crippen molar-refractivity contribution in [2.75, 3.05) is 0 Å². The molecular weight excluding hydrogens is 248 g/mol. The molecule has 0 aliphatic carbocycles. The Bertz CT molecular complexity index is 603. The van der Waals surface area contributed by atoms with Gasteiger partial charge >= 0.3 is 0 Å². The van der Waals surface area contributed by atoms with Gasteiger partial charge in [-0.25, -0.2) is 13.8 Å². The molecule has 0 amide bonds. The summed E-state index contributed by atoms with van der Waals surface area (Å²) < 4.78 is 25.6. The van der Waals surface area contributed by atoms with E-state index < -0.39 is 6.43 Å². The second-order valence-corrected chi connectivity index (χ2v) is 4.39. The maximum absolute atomic E-state index is 12.8. The van der Waals surface area contributed by atoms with Gasteiger partial charge in [0.1, 0.15) is 11.4 Å². The Morgan fingerprint density at radius 3 is 2.32 bits per heavy atom. The number of aryl methyl sites for hydroxylation is 2. The summed E-state index contributed by atoms with van der Waals surface area (Å²) in [5, 5.41) is 0. The Morgan fingerprint density at radius 1 is 1.16 bits per heavy atom. The van der Waals surface area contributed by atoms with Crippen molar-refractivity contribution in [3.63, 3.8) is 0 Å². The smallest absolute Gasteiger partial charge is 0.280 e. The highest BCUT2D eigenvalue weighted by Gasteiger charge is 2.14. The van der Waals surface area contributed by atoms with E-state index in [1.165, 1.54) is 12.1 Å². The van der Waals surface area contributed by atoms with E-state index >= 15 is 0 Å². The third kappa shape index (κ3) is 2.67. The molecule has 0 fully saturated rings. The number of carbonyl (C=O) groups is 1. The Labute approximate surface area is 110 Å². The van der Waals surface area contributed by atoms with Crippen LogP contribution in [0.15, 0.2) is 30.3 Å². The van der Waals surface area contributed by atoms with Gasteiger partial charge in [0.2, 0.25) is 0 Å². The van der Waals surface area contributed by atoms with E-state index in [2.05, 4.69) is 4.98 Å². The van der Waals surface area contributed by atoms with Gasteiger partial charge in [0.15, 0.2) is 6.29 Å². The molecular formula is C15H13F2NO. The predicted octanol–water partition coefficient (Wildman–Crippen LogP) is 4.12. The van der Waals surface area contributed by atoms with Gasteiger partial charge < -0.3 is 0 Å². The van der Waals surface area contributed by atoms with Crippen molar-refractivity contribution in [2.24, 2.45) is 0 Å². The summed E-state index contributed by atoms with van der Waals surface area (Å²) in [4.78, 5) is 14.4. The van der Waals surface area contributed by atoms with Gasteiger partial charge in [-0.2, -0.15) is 0 Å². The molecule has 1 aromatic heterocycles. The molecule has 0 aliphatic rings. The fourth-order valence-corrected chi connectivity index (χ4v) is 2.16. The van der Waals surface area contributed by atoms with Gasteiger partial charge in [-0.05, 0) is 48.2 Å². The summed E-state index contributed by atoms with van der Waals surface area (Å²) in [6.07, 6.45) is -2.20. The Morgan fingerprint density at radius 2 is 1.79 bits per heavy atom. The summed E-state index contributed by atoms with van der Waals surface area (Å²) in [7, 11) is 0. The van der Waals surface area contributed by atoms with E-state index in [1.807, 2.05) is 32.0 Å². The maximum Gasteiger partial charge on any atom is 0.280 e. The van der Waals surface area contributed by atoms with Crippen LogP contribution in [-0.2, 0) is 0 Å². The molecule has 0 saturated carbocycles. The van der Waals surface area contributed by atoms with Crippen LogP contribution >= 0.6 is 0 Å². The Hall–Kier alpha value is -2.10. The number of alkyl halides is 2. The van der Waals surface area contributed by atoms with E-state index in [1.54, 1.807) is 0 Å². The van der Waals surface area contributed by atoms with Gasteiger partial charge in [0.05, 0.1) is 0 Å². The zero-order chi connectivity index (χ0) is 14.0. The molecule has 1 heterocycles. The third-order valence-electron chi connectivity index (χ3n) is 2.98. The van der Waals surface area contributed by atoms with E-state index in [0.29, 0.717) is 11.8 Å². The molecule has 2 rings (SSSR count). The molecule has 0 aliphatic heterocycles. The lowest BCUT2D eigenvalue weighted by atomic mass is 9.95. The highest BCUT2D eigenvalue weighted by Crippen LogP contribution is 2.30. The first-order valence-electron chi connectivity index (χ1n) is 5.85. The molecule has 0 radical (unpaired) electrons. The average molecular weight is 261 g/mol. The van der Waals surface area contributed by atoms with Crippen molar-refractivity contribution in [3.05, 3.63) is 52.8 Å². The summed E-state index contributed by atoms with van der Waals surface area (Å²) >= 11 is 0. The molecule has 4 heteroatoms. The van der Waals surface area contributed by atoms with Gasteiger partial charge in [-0.3, -0.25) is 4.79 Å². The number of rotatable bonds is 3. The molecule has 0 bridgehead atoms. The molecule has 1 aromatic carbocycles. The summed E-state index contributed by atoms with van der Waals surface area (Å²) in [5.41, 5.74) is 3.07. The fraction of sp³-hybridized carbons (Fsp3) is 0.200. The Kier molecular flexibility index (Phi) is 3.69. The van der Waals surface area contributed by atoms with Crippen LogP contribution in [0.2, 0.25) is 0 Å². The molecule has 0 N–H and O–H groups in total. The standard InChI is InChI=1S/C15H13F2NO/c1-9-4-3-5-10(2)14(9)11-6-12(8-19)18-13(7-11)15(16)17/h3-8,15H,1-2H3. The minimum atomic E-state index is -2.69. The second-order valence-electron chi connectivity index (χ2n) is 4.39. The summed E-state index contributed by atoms with van der Waals surface area (Å²) in [6.45, 7) is 3.82. The monoisotopic (exact) mass is 261 g/mol. The molecule has 19 heavy (non-hydrogen) atoms. The molecule has 2 aromatic rings. The number of aromatic nitrogens is 1. The molecule has 2 nitrogen and oxygen atoms in total. The van der Waals surface area contributed by atoms with Crippen LogP contribution in [0.25, 0.3) is 11.1 Å². The van der Waals surface area contributed by atoms with Crippen molar-refractivity contribution < 1.29 is 13.6 Å². The summed E-state index contributed by atoms with van der Waals surface area (Å²) in [6, 6.07) is 8.60. The first-order valence-corrected chi connectivity index (χ1v) is 5.85. The second kappa shape index (κ2) is 5.26. The topological polar surface area (TPSA) is 30.0 Å². The number of nitrogens with zero attached hydrogens (tertiary/aromatic N) is 1. The molecule has 0 atom stereocenters. The van der Waals surface area contributed by atoms with Gasteiger partial charge in [0.25, 0.3) is 6.43 Å². The zero-order valence-electron chi connectivity index (χ0n) is 10.7. The number of aldehydes is 1. The largest absolute Gasteiger partial charge is 0.296 e. The van der Waals surface area contributed by atoms with Crippen molar-refractivity contribution in [1.29, 1.82) is 0 Å². The van der Waals surface area contributed by atoms with Crippen LogP contribution in [0.1, 0.15) is 33.7 Å². The van der Waals surface area contributed by atoms with Gasteiger partial charge in [0, 0.05) is 0 Å². The molecule has 98 valence electrons. The lowest BCUT2D eigenvalue weighted by Crippen LogP contribution is -1.98. The quantitative estimate of drug-likeness (QED) is 0.778. The minimum Gasteiger partial charge on any atom is -0.296 e. The molecule has 0 unspecified atom stereocenters. The number of benzene rings is 1. The van der Waals surface area contributed by atoms with Crippen LogP contribution in [-0.4, -0.2) is 11.3 Å². The van der Waals surface area contributed by atoms with E-state index in [4.69, 9.17) is 0 Å². The van der Waals surface area contributed by atoms with Crippen LogP contribution in [0.3, 0.4) is 0 Å². The zero-order valence-corrected chi connectivity index (χ0v) is 10.7. The number of hydrogen-bond donors (Lipinski definition) is 0. The van der Waals surface area contributed by atoms with Crippen LogP contribution in [0.4, 0.5) is 8.78 Å². The number of carbonyl (C=O) groups excluding carboxylic acids is 1. The van der Waals surface area contributed by atoms with Crippen molar-refractivity contribution in [2.45, 2.75) is 20.3 Å². The minimum absolute atomic E-state index is 0.0236. The van der Waals surface area contributed by atoms with E-state index in [-0.39, 0.29) is 11.4 Å². The number of pyridine rings is 1. The van der Waals surface area contributed by atoms with Crippen molar-refractivity contribution >= 4 is 6.29 Å². The third-order valence-corrected chi connectivity index (χ3v) is 2.98.